The molecule has 27 heavy (non-hydrogen) atoms. The van der Waals surface area contributed by atoms with E-state index in [9.17, 15) is 9.59 Å². The molecule has 2 rings (SSSR count). The van der Waals surface area contributed by atoms with Crippen molar-refractivity contribution in [3.8, 4) is 0 Å². The third-order valence-electron chi connectivity index (χ3n) is 4.31. The summed E-state index contributed by atoms with van der Waals surface area (Å²) in [4.78, 5) is 31.2. The minimum atomic E-state index is -0.566. The predicted molar refractivity (Wildman–Crippen MR) is 105 cm³/mol. The van der Waals surface area contributed by atoms with Crippen LogP contribution in [-0.4, -0.2) is 48.0 Å². The van der Waals surface area contributed by atoms with Crippen LogP contribution < -0.4 is 0 Å². The van der Waals surface area contributed by atoms with Gasteiger partial charge in [-0.15, -0.1) is 0 Å². The molecule has 1 aliphatic heterocycles. The number of aliphatic imine (C=N–C) groups is 1. The van der Waals surface area contributed by atoms with E-state index in [2.05, 4.69) is 0 Å². The molecule has 0 N–H and O–H groups in total. The summed E-state index contributed by atoms with van der Waals surface area (Å²) in [7, 11) is 0. The number of rotatable bonds is 4. The van der Waals surface area contributed by atoms with Crippen LogP contribution in [0.1, 0.15) is 52.6 Å². The van der Waals surface area contributed by atoms with Gasteiger partial charge in [0.05, 0.1) is 25.1 Å². The van der Waals surface area contributed by atoms with Crippen molar-refractivity contribution in [2.75, 3.05) is 19.7 Å². The zero-order valence-corrected chi connectivity index (χ0v) is 16.9. The lowest BCUT2D eigenvalue weighted by molar-refractivity contribution is -0.146. The van der Waals surface area contributed by atoms with Crippen LogP contribution in [0.4, 0.5) is 4.79 Å². The second kappa shape index (κ2) is 9.02. The molecule has 0 radical (unpaired) electrons. The molecule has 0 aliphatic carbocycles. The number of amides is 1. The van der Waals surface area contributed by atoms with Gasteiger partial charge in [-0.05, 0) is 46.6 Å². The van der Waals surface area contributed by atoms with E-state index in [4.69, 9.17) is 14.5 Å². The minimum absolute atomic E-state index is 0.114. The summed E-state index contributed by atoms with van der Waals surface area (Å²) in [5.41, 5.74) is 1.16. The molecule has 0 saturated carbocycles. The van der Waals surface area contributed by atoms with Crippen molar-refractivity contribution in [1.29, 1.82) is 0 Å². The third-order valence-corrected chi connectivity index (χ3v) is 4.31. The van der Waals surface area contributed by atoms with E-state index in [1.807, 2.05) is 58.0 Å². The highest BCUT2D eigenvalue weighted by Gasteiger charge is 2.35. The van der Waals surface area contributed by atoms with Gasteiger partial charge >= 0.3 is 12.1 Å². The van der Waals surface area contributed by atoms with E-state index in [0.29, 0.717) is 25.3 Å². The molecule has 1 fully saturated rings. The lowest BCUT2D eigenvalue weighted by Crippen LogP contribution is -2.48. The maximum atomic E-state index is 12.4. The van der Waals surface area contributed by atoms with Crippen LogP contribution in [0.2, 0.25) is 0 Å². The molecule has 148 valence electrons. The van der Waals surface area contributed by atoms with Crippen molar-refractivity contribution >= 4 is 17.8 Å². The molecule has 6 nitrogen and oxygen atoms in total. The maximum absolute atomic E-state index is 12.4. The molecule has 1 amide bonds. The van der Waals surface area contributed by atoms with E-state index in [1.54, 1.807) is 11.8 Å². The number of carbonyl (C=O) groups excluding carboxylic acids is 2. The molecule has 6 heteroatoms. The van der Waals surface area contributed by atoms with Gasteiger partial charge in [0.1, 0.15) is 5.60 Å². The molecule has 1 aliphatic rings. The first-order valence-electron chi connectivity index (χ1n) is 9.47. The van der Waals surface area contributed by atoms with Crippen LogP contribution in [0.25, 0.3) is 0 Å². The molecular weight excluding hydrogens is 344 g/mol. The molecule has 0 bridgehead atoms. The number of hydrogen-bond donors (Lipinski definition) is 0. The normalized spacial score (nSPS) is 20.3. The Morgan fingerprint density at radius 3 is 2.52 bits per heavy atom. The van der Waals surface area contributed by atoms with Crippen LogP contribution in [0.15, 0.2) is 35.3 Å². The monoisotopic (exact) mass is 374 g/mol. The quantitative estimate of drug-likeness (QED) is 0.747. The van der Waals surface area contributed by atoms with Gasteiger partial charge in [-0.2, -0.15) is 0 Å². The fourth-order valence-corrected chi connectivity index (χ4v) is 3.00. The Balaban J connectivity index is 2.23. The van der Waals surface area contributed by atoms with E-state index in [1.165, 1.54) is 0 Å². The fraction of sp³-hybridized carbons (Fsp3) is 0.571. The van der Waals surface area contributed by atoms with E-state index in [-0.39, 0.29) is 24.6 Å². The number of hydrogen-bond acceptors (Lipinski definition) is 5. The van der Waals surface area contributed by atoms with Crippen LogP contribution in [0.5, 0.6) is 0 Å². The number of benzene rings is 1. The largest absolute Gasteiger partial charge is 0.465 e. The van der Waals surface area contributed by atoms with Crippen molar-refractivity contribution in [2.24, 2.45) is 10.9 Å². The number of piperidine rings is 1. The summed E-state index contributed by atoms with van der Waals surface area (Å²) < 4.78 is 10.7. The van der Waals surface area contributed by atoms with Gasteiger partial charge in [0, 0.05) is 12.3 Å². The van der Waals surface area contributed by atoms with Crippen molar-refractivity contribution in [3.63, 3.8) is 0 Å². The first kappa shape index (κ1) is 20.9. The summed E-state index contributed by atoms with van der Waals surface area (Å²) in [6, 6.07) is 9.77. The summed E-state index contributed by atoms with van der Waals surface area (Å²) >= 11 is 0. The zero-order chi connectivity index (χ0) is 20.0. The molecule has 0 spiro atoms. The molecule has 0 aromatic heterocycles. The van der Waals surface area contributed by atoms with Gasteiger partial charge in [-0.25, -0.2) is 4.79 Å². The van der Waals surface area contributed by atoms with Gasteiger partial charge < -0.3 is 14.4 Å². The zero-order valence-electron chi connectivity index (χ0n) is 16.9. The highest BCUT2D eigenvalue weighted by atomic mass is 16.6. The Kier molecular flexibility index (Phi) is 6.99. The summed E-state index contributed by atoms with van der Waals surface area (Å²) in [6.07, 6.45) is 0.100. The Hall–Kier alpha value is -2.37. The van der Waals surface area contributed by atoms with Gasteiger partial charge in [-0.3, -0.25) is 9.79 Å². The predicted octanol–water partition coefficient (Wildman–Crippen LogP) is 4.01. The minimum Gasteiger partial charge on any atom is -0.465 e. The Morgan fingerprint density at radius 1 is 1.26 bits per heavy atom. The SMILES string of the molecule is CCOC(=O)C1CCN(C(=O)OC(C)(C)C)CC1=N[C@@H](C)c1ccccc1. The number of likely N-dealkylation sites (tertiary alicyclic amines) is 1. The van der Waals surface area contributed by atoms with Crippen molar-refractivity contribution in [1.82, 2.24) is 4.90 Å². The van der Waals surface area contributed by atoms with E-state index in [0.717, 1.165) is 5.56 Å². The second-order valence-corrected chi connectivity index (χ2v) is 7.70. The summed E-state index contributed by atoms with van der Waals surface area (Å²) in [5, 5.41) is 0. The number of esters is 1. The first-order chi connectivity index (χ1) is 12.7. The molecule has 1 heterocycles. The van der Waals surface area contributed by atoms with Gasteiger partial charge in [-0.1, -0.05) is 30.3 Å². The molecule has 1 unspecified atom stereocenters. The van der Waals surface area contributed by atoms with E-state index >= 15 is 0 Å². The average molecular weight is 374 g/mol. The molecular formula is C21H30N2O4. The highest BCUT2D eigenvalue weighted by Crippen LogP contribution is 2.24. The maximum Gasteiger partial charge on any atom is 0.410 e. The van der Waals surface area contributed by atoms with Crippen molar-refractivity contribution < 1.29 is 19.1 Å². The summed E-state index contributed by atoms with van der Waals surface area (Å²) in [6.45, 7) is 10.3. The van der Waals surface area contributed by atoms with Crippen LogP contribution >= 0.6 is 0 Å². The first-order valence-corrected chi connectivity index (χ1v) is 9.47. The van der Waals surface area contributed by atoms with E-state index < -0.39 is 11.5 Å². The van der Waals surface area contributed by atoms with Gasteiger partial charge in [0.15, 0.2) is 0 Å². The molecule has 1 saturated heterocycles. The van der Waals surface area contributed by atoms with Crippen molar-refractivity contribution in [3.05, 3.63) is 35.9 Å². The van der Waals surface area contributed by atoms with Gasteiger partial charge in [0.25, 0.3) is 0 Å². The molecule has 1 aromatic carbocycles. The van der Waals surface area contributed by atoms with Gasteiger partial charge in [0.2, 0.25) is 0 Å². The van der Waals surface area contributed by atoms with Crippen molar-refractivity contribution in [2.45, 2.75) is 52.7 Å². The standard InChI is InChI=1S/C21H30N2O4/c1-6-26-19(24)17-12-13-23(20(25)27-21(3,4)5)14-18(17)22-15(2)16-10-8-7-9-11-16/h7-11,15,17H,6,12-14H2,1-5H3/t15-,17?/m0/s1. The fourth-order valence-electron chi connectivity index (χ4n) is 3.00. The van der Waals surface area contributed by atoms with Crippen LogP contribution in [-0.2, 0) is 14.3 Å². The lowest BCUT2D eigenvalue weighted by Gasteiger charge is -2.34. The second-order valence-electron chi connectivity index (χ2n) is 7.70. The molecule has 2 atom stereocenters. The lowest BCUT2D eigenvalue weighted by atomic mass is 9.94. The third kappa shape index (κ3) is 6.08. The number of carbonyl (C=O) groups is 2. The van der Waals surface area contributed by atoms with Crippen LogP contribution in [0.3, 0.4) is 0 Å². The Labute approximate surface area is 161 Å². The topological polar surface area (TPSA) is 68.2 Å². The Morgan fingerprint density at radius 2 is 1.93 bits per heavy atom. The molecule has 1 aromatic rings. The highest BCUT2D eigenvalue weighted by molar-refractivity contribution is 6.04. The Bertz CT molecular complexity index is 679. The number of ether oxygens (including phenoxy) is 2. The smallest absolute Gasteiger partial charge is 0.410 e. The average Bonchev–Trinajstić information content (AvgIpc) is 2.61. The van der Waals surface area contributed by atoms with Crippen LogP contribution in [0, 0.1) is 5.92 Å². The number of nitrogens with zero attached hydrogens (tertiary/aromatic N) is 2. The summed E-state index contributed by atoms with van der Waals surface area (Å²) in [5.74, 6) is -0.699.